The van der Waals surface area contributed by atoms with Crippen LogP contribution in [0.2, 0.25) is 5.02 Å². The number of fused-ring (bicyclic) bond motifs is 1. The van der Waals surface area contributed by atoms with Gasteiger partial charge in [0.2, 0.25) is 15.8 Å². The van der Waals surface area contributed by atoms with Gasteiger partial charge in [-0.05, 0) is 12.1 Å². The summed E-state index contributed by atoms with van der Waals surface area (Å²) in [7, 11) is -2.83. The van der Waals surface area contributed by atoms with E-state index in [1.807, 2.05) is 0 Å². The Balaban J connectivity index is 2.75. The summed E-state index contributed by atoms with van der Waals surface area (Å²) in [6, 6.07) is 1.07. The molecule has 0 atom stereocenters. The van der Waals surface area contributed by atoms with Crippen LogP contribution >= 0.6 is 11.6 Å². The second-order valence-electron chi connectivity index (χ2n) is 5.18. The van der Waals surface area contributed by atoms with Crippen LogP contribution in [0.25, 0.3) is 11.0 Å². The van der Waals surface area contributed by atoms with E-state index in [2.05, 4.69) is 4.98 Å². The molecule has 0 spiro atoms. The minimum absolute atomic E-state index is 0.374. The van der Waals surface area contributed by atoms with Crippen LogP contribution in [0.4, 0.5) is 26.3 Å². The highest BCUT2D eigenvalue weighted by Crippen LogP contribution is 2.39. The molecule has 0 saturated carbocycles. The van der Waals surface area contributed by atoms with Gasteiger partial charge in [-0.2, -0.15) is 30.6 Å². The first-order valence-corrected chi connectivity index (χ1v) is 8.60. The van der Waals surface area contributed by atoms with Gasteiger partial charge in [-0.1, -0.05) is 11.6 Å². The lowest BCUT2D eigenvalue weighted by Gasteiger charge is -2.18. The molecule has 0 unspecified atom stereocenters. The van der Waals surface area contributed by atoms with Gasteiger partial charge in [-0.25, -0.2) is 13.4 Å². The van der Waals surface area contributed by atoms with Gasteiger partial charge in [0, 0.05) is 7.05 Å². The first kappa shape index (κ1) is 19.8. The maximum Gasteiger partial charge on any atom is 0.449 e. The van der Waals surface area contributed by atoms with Crippen molar-refractivity contribution in [2.45, 2.75) is 19.0 Å². The summed E-state index contributed by atoms with van der Waals surface area (Å²) in [5, 5.41) is -0.822. The third-order valence-corrected chi connectivity index (χ3v) is 4.86. The van der Waals surface area contributed by atoms with Crippen LogP contribution in [-0.4, -0.2) is 35.6 Å². The molecule has 0 N–H and O–H groups in total. The normalized spacial score (nSPS) is 13.8. The van der Waals surface area contributed by atoms with Gasteiger partial charge in [-0.3, -0.25) is 0 Å². The van der Waals surface area contributed by atoms with Gasteiger partial charge in [0.15, 0.2) is 0 Å². The topological polar surface area (TPSA) is 55.2 Å². The van der Waals surface area contributed by atoms with Gasteiger partial charge in [-0.15, -0.1) is 0 Å². The molecule has 2 aromatic rings. The van der Waals surface area contributed by atoms with Crippen molar-refractivity contribution in [2.24, 2.45) is 0 Å². The molecule has 0 aliphatic heterocycles. The Labute approximate surface area is 142 Å². The largest absolute Gasteiger partial charge is 0.449 e. The number of aromatic nitrogens is 2. The van der Waals surface area contributed by atoms with Crippen LogP contribution in [0, 0.1) is 0 Å². The zero-order chi connectivity index (χ0) is 19.4. The number of nitrogens with zero attached hydrogens (tertiary/aromatic N) is 3. The fourth-order valence-corrected chi connectivity index (χ4v) is 2.62. The van der Waals surface area contributed by atoms with Gasteiger partial charge in [0.1, 0.15) is 0 Å². The predicted molar refractivity (Wildman–Crippen MR) is 77.4 cm³/mol. The van der Waals surface area contributed by atoms with Crippen molar-refractivity contribution in [1.82, 2.24) is 13.9 Å². The van der Waals surface area contributed by atoms with Gasteiger partial charge >= 0.3 is 12.4 Å². The van der Waals surface area contributed by atoms with E-state index in [1.165, 1.54) is 0 Å². The molecule has 5 nitrogen and oxygen atoms in total. The van der Waals surface area contributed by atoms with E-state index in [0.29, 0.717) is 21.0 Å². The van der Waals surface area contributed by atoms with E-state index >= 15 is 0 Å². The van der Waals surface area contributed by atoms with Crippen molar-refractivity contribution in [3.8, 4) is 0 Å². The molecule has 1 heterocycles. The maximum absolute atomic E-state index is 13.2. The molecule has 0 fully saturated rings. The van der Waals surface area contributed by atoms with Gasteiger partial charge in [0.05, 0.1) is 34.5 Å². The maximum atomic E-state index is 13.2. The second kappa shape index (κ2) is 6.02. The molecule has 13 heteroatoms. The van der Waals surface area contributed by atoms with E-state index in [1.54, 1.807) is 0 Å². The van der Waals surface area contributed by atoms with Crippen molar-refractivity contribution in [1.29, 1.82) is 0 Å². The smallest absolute Gasteiger partial charge is 0.306 e. The number of halogens is 7. The van der Waals surface area contributed by atoms with Gasteiger partial charge < -0.3 is 4.57 Å². The third kappa shape index (κ3) is 4.01. The Hall–Kier alpha value is -1.53. The summed E-state index contributed by atoms with van der Waals surface area (Å²) in [6.07, 6.45) is -9.12. The van der Waals surface area contributed by atoms with Crippen LogP contribution in [0.5, 0.6) is 0 Å². The first-order chi connectivity index (χ1) is 11.1. The van der Waals surface area contributed by atoms with Crippen LogP contribution in [-0.2, 0) is 29.0 Å². The molecule has 0 bridgehead atoms. The molecule has 2 rings (SSSR count). The molecule has 0 saturated heterocycles. The lowest BCUT2D eigenvalue weighted by molar-refractivity contribution is -0.147. The van der Waals surface area contributed by atoms with Crippen LogP contribution < -0.4 is 0 Å². The molecule has 1 aromatic heterocycles. The van der Waals surface area contributed by atoms with E-state index in [-0.39, 0.29) is 5.52 Å². The van der Waals surface area contributed by atoms with E-state index in [0.717, 1.165) is 13.3 Å². The Morgan fingerprint density at radius 2 is 1.72 bits per heavy atom. The minimum atomic E-state index is -5.01. The SMILES string of the molecule is CN(Cn1c(C(F)(F)F)nc2cc(C(F)(F)F)c(Cl)cc21)S(C)(=O)=O. The third-order valence-electron chi connectivity index (χ3n) is 3.30. The molecule has 0 aliphatic rings. The van der Waals surface area contributed by atoms with E-state index in [9.17, 15) is 34.8 Å². The van der Waals surface area contributed by atoms with Crippen molar-refractivity contribution in [3.05, 3.63) is 28.5 Å². The Kier molecular flexibility index (Phi) is 4.77. The second-order valence-corrected chi connectivity index (χ2v) is 7.68. The molecule has 0 radical (unpaired) electrons. The van der Waals surface area contributed by atoms with Crippen molar-refractivity contribution < 1.29 is 34.8 Å². The zero-order valence-electron chi connectivity index (χ0n) is 12.6. The number of sulfonamides is 1. The molecular weight excluding hydrogens is 400 g/mol. The quantitative estimate of drug-likeness (QED) is 0.728. The van der Waals surface area contributed by atoms with E-state index in [4.69, 9.17) is 11.6 Å². The summed E-state index contributed by atoms with van der Waals surface area (Å²) in [6.45, 7) is -0.800. The van der Waals surface area contributed by atoms with Crippen molar-refractivity contribution in [3.63, 3.8) is 0 Å². The van der Waals surface area contributed by atoms with Crippen LogP contribution in [0.3, 0.4) is 0 Å². The Morgan fingerprint density at radius 1 is 1.16 bits per heavy atom. The zero-order valence-corrected chi connectivity index (χ0v) is 14.1. The molecule has 25 heavy (non-hydrogen) atoms. The van der Waals surface area contributed by atoms with Crippen molar-refractivity contribution in [2.75, 3.05) is 13.3 Å². The first-order valence-electron chi connectivity index (χ1n) is 6.38. The summed E-state index contributed by atoms with van der Waals surface area (Å²) in [5.74, 6) is -1.53. The number of alkyl halides is 6. The van der Waals surface area contributed by atoms with Gasteiger partial charge in [0.25, 0.3) is 0 Å². The number of hydrogen-bond donors (Lipinski definition) is 0. The predicted octanol–water partition coefficient (Wildman–Crippen LogP) is 3.58. The average Bonchev–Trinajstić information content (AvgIpc) is 2.73. The number of benzene rings is 1. The fraction of sp³-hybridized carbons (Fsp3) is 0.417. The van der Waals surface area contributed by atoms with Crippen LogP contribution in [0.15, 0.2) is 12.1 Å². The lowest BCUT2D eigenvalue weighted by Crippen LogP contribution is -2.30. The number of hydrogen-bond acceptors (Lipinski definition) is 3. The van der Waals surface area contributed by atoms with Crippen LogP contribution in [0.1, 0.15) is 11.4 Å². The van der Waals surface area contributed by atoms with E-state index < -0.39 is 51.0 Å². The lowest BCUT2D eigenvalue weighted by atomic mass is 10.2. The highest BCUT2D eigenvalue weighted by molar-refractivity contribution is 7.88. The highest BCUT2D eigenvalue weighted by Gasteiger charge is 2.40. The Bertz CT molecular complexity index is 920. The summed E-state index contributed by atoms with van der Waals surface area (Å²) < 4.78 is 102. The van der Waals surface area contributed by atoms with Crippen molar-refractivity contribution >= 4 is 32.7 Å². The fourth-order valence-electron chi connectivity index (χ4n) is 2.03. The average molecular weight is 410 g/mol. The molecular formula is C12H10ClF6N3O2S. The molecule has 0 aliphatic carbocycles. The molecule has 140 valence electrons. The monoisotopic (exact) mass is 409 g/mol. The summed E-state index contributed by atoms with van der Waals surface area (Å²) >= 11 is 5.54. The minimum Gasteiger partial charge on any atom is -0.306 e. The molecule has 1 aromatic carbocycles. The molecule has 0 amide bonds. The summed E-state index contributed by atoms with van der Waals surface area (Å²) in [4.78, 5) is 3.19. The Morgan fingerprint density at radius 3 is 2.16 bits per heavy atom. The standard InChI is InChI=1S/C12H10ClF6N3O2S/c1-21(25(2,23)24)5-22-9-4-7(13)6(11(14,15)16)3-8(9)20-10(22)12(17,18)19/h3-4H,5H2,1-2H3. The number of rotatable bonds is 3. The number of imidazole rings is 1. The highest BCUT2D eigenvalue weighted by atomic mass is 35.5. The summed E-state index contributed by atoms with van der Waals surface area (Å²) in [5.41, 5.74) is -2.32.